The average Bonchev–Trinajstić information content (AvgIpc) is 3.38. The summed E-state index contributed by atoms with van der Waals surface area (Å²) in [4.78, 5) is 0. The third kappa shape index (κ3) is 5.07. The molecule has 6 nitrogen and oxygen atoms in total. The molecule has 0 radical (unpaired) electrons. The first-order valence-corrected chi connectivity index (χ1v) is 10.9. The fourth-order valence-electron chi connectivity index (χ4n) is 2.85. The van der Waals surface area contributed by atoms with Crippen molar-refractivity contribution in [2.24, 2.45) is 0 Å². The van der Waals surface area contributed by atoms with Crippen LogP contribution in [0.3, 0.4) is 0 Å². The molecule has 28 heavy (non-hydrogen) atoms. The zero-order valence-corrected chi connectivity index (χ0v) is 17.2. The lowest BCUT2D eigenvalue weighted by molar-refractivity contribution is -0.638. The molecule has 1 aromatic heterocycles. The van der Waals surface area contributed by atoms with Crippen LogP contribution in [0.2, 0.25) is 0 Å². The molecule has 0 atom stereocenters. The molecular formula is C17H18BrF3N3O3S+. The second-order valence-corrected chi connectivity index (χ2v) is 9.35. The number of hydrogen-bond donors (Lipinski definition) is 1. The summed E-state index contributed by atoms with van der Waals surface area (Å²) in [5.74, 6) is 5.58. The summed E-state index contributed by atoms with van der Waals surface area (Å²) in [5.41, 5.74) is 1.59. The highest BCUT2D eigenvalue weighted by atomic mass is 79.9. The van der Waals surface area contributed by atoms with E-state index in [4.69, 9.17) is 5.84 Å². The first-order chi connectivity index (χ1) is 12.9. The van der Waals surface area contributed by atoms with Crippen molar-refractivity contribution >= 4 is 31.6 Å². The maximum absolute atomic E-state index is 12.6. The molecule has 2 N–H and O–H groups in total. The van der Waals surface area contributed by atoms with Gasteiger partial charge >= 0.3 is 6.36 Å². The number of pyridine rings is 1. The highest BCUT2D eigenvalue weighted by molar-refractivity contribution is 9.10. The number of nitrogens with two attached hydrogens (primary N) is 1. The van der Waals surface area contributed by atoms with E-state index in [9.17, 15) is 21.6 Å². The van der Waals surface area contributed by atoms with Crippen LogP contribution in [0.25, 0.3) is 0 Å². The lowest BCUT2D eigenvalue weighted by Crippen LogP contribution is -2.45. The Hall–Kier alpha value is -2.01. The van der Waals surface area contributed by atoms with Gasteiger partial charge in [-0.05, 0) is 57.9 Å². The SMILES string of the molecule is CS(=O)(=O)N(Cc1ccc(Br)c(OC(F)(F)F)c1)c1c[n+](N)ccc1C1CC1. The van der Waals surface area contributed by atoms with Crippen LogP contribution in [0, 0.1) is 0 Å². The zero-order valence-electron chi connectivity index (χ0n) is 14.8. The van der Waals surface area contributed by atoms with Crippen LogP contribution in [0.15, 0.2) is 41.1 Å². The highest BCUT2D eigenvalue weighted by Gasteiger charge is 2.34. The first kappa shape index (κ1) is 20.7. The quantitative estimate of drug-likeness (QED) is 0.508. The molecule has 1 aliphatic rings. The van der Waals surface area contributed by atoms with Crippen molar-refractivity contribution in [1.29, 1.82) is 0 Å². The van der Waals surface area contributed by atoms with E-state index in [-0.39, 0.29) is 16.9 Å². The second kappa shape index (κ2) is 7.43. The summed E-state index contributed by atoms with van der Waals surface area (Å²) in [5, 5.41) is 0. The van der Waals surface area contributed by atoms with Crippen molar-refractivity contribution in [1.82, 2.24) is 0 Å². The van der Waals surface area contributed by atoms with Gasteiger partial charge in [-0.2, -0.15) is 0 Å². The largest absolute Gasteiger partial charge is 0.573 e. The van der Waals surface area contributed by atoms with E-state index in [0.717, 1.165) is 35.0 Å². The highest BCUT2D eigenvalue weighted by Crippen LogP contribution is 2.44. The number of nitrogens with zero attached hydrogens (tertiary/aromatic N) is 2. The Morgan fingerprint density at radius 1 is 1.32 bits per heavy atom. The number of aromatic nitrogens is 1. The molecule has 0 spiro atoms. The molecule has 1 fully saturated rings. The van der Waals surface area contributed by atoms with E-state index in [1.165, 1.54) is 23.0 Å². The Kier molecular flexibility index (Phi) is 5.50. The van der Waals surface area contributed by atoms with Gasteiger partial charge in [0.2, 0.25) is 16.2 Å². The lowest BCUT2D eigenvalue weighted by atomic mass is 10.1. The molecule has 0 saturated heterocycles. The third-order valence-corrected chi connectivity index (χ3v) is 6.01. The van der Waals surface area contributed by atoms with Gasteiger partial charge in [-0.1, -0.05) is 10.7 Å². The van der Waals surface area contributed by atoms with E-state index in [1.54, 1.807) is 12.3 Å². The Balaban J connectivity index is 2.00. The van der Waals surface area contributed by atoms with E-state index in [2.05, 4.69) is 20.7 Å². The number of alkyl halides is 3. The molecule has 3 rings (SSSR count). The number of halogens is 4. The topological polar surface area (TPSA) is 76.5 Å². The van der Waals surface area contributed by atoms with Gasteiger partial charge in [-0.25, -0.2) is 14.3 Å². The Bertz CT molecular complexity index is 995. The number of sulfonamides is 1. The van der Waals surface area contributed by atoms with E-state index < -0.39 is 22.1 Å². The Morgan fingerprint density at radius 3 is 2.57 bits per heavy atom. The summed E-state index contributed by atoms with van der Waals surface area (Å²) in [6, 6.07) is 5.84. The maximum Gasteiger partial charge on any atom is 0.573 e. The predicted octanol–water partition coefficient (Wildman–Crippen LogP) is 3.19. The van der Waals surface area contributed by atoms with Gasteiger partial charge in [0.15, 0.2) is 6.20 Å². The van der Waals surface area contributed by atoms with Crippen molar-refractivity contribution in [3.63, 3.8) is 0 Å². The average molecular weight is 481 g/mol. The maximum atomic E-state index is 12.6. The third-order valence-electron chi connectivity index (χ3n) is 4.23. The smallest absolute Gasteiger partial charge is 0.405 e. The number of benzene rings is 1. The minimum atomic E-state index is -4.86. The number of rotatable bonds is 6. The molecule has 152 valence electrons. The summed E-state index contributed by atoms with van der Waals surface area (Å²) in [6.07, 6.45) is 1.21. The molecule has 11 heteroatoms. The van der Waals surface area contributed by atoms with Crippen molar-refractivity contribution in [2.75, 3.05) is 16.4 Å². The van der Waals surface area contributed by atoms with Crippen LogP contribution in [0.5, 0.6) is 5.75 Å². The van der Waals surface area contributed by atoms with Crippen LogP contribution in [0.4, 0.5) is 18.9 Å². The molecule has 1 heterocycles. The van der Waals surface area contributed by atoms with Gasteiger partial charge in [-0.3, -0.25) is 4.31 Å². The van der Waals surface area contributed by atoms with Crippen molar-refractivity contribution in [3.8, 4) is 5.75 Å². The van der Waals surface area contributed by atoms with Crippen LogP contribution in [-0.2, 0) is 16.6 Å². The lowest BCUT2D eigenvalue weighted by Gasteiger charge is -2.24. The molecule has 2 aromatic rings. The fourth-order valence-corrected chi connectivity index (χ4v) is 4.08. The molecule has 0 unspecified atom stereocenters. The normalized spacial score (nSPS) is 14.8. The minimum Gasteiger partial charge on any atom is -0.405 e. The molecule has 0 aliphatic heterocycles. The van der Waals surface area contributed by atoms with E-state index in [1.807, 2.05) is 0 Å². The molecule has 1 aliphatic carbocycles. The molecule has 0 bridgehead atoms. The predicted molar refractivity (Wildman–Crippen MR) is 101 cm³/mol. The first-order valence-electron chi connectivity index (χ1n) is 8.26. The summed E-state index contributed by atoms with van der Waals surface area (Å²) in [7, 11) is -3.73. The van der Waals surface area contributed by atoms with Gasteiger partial charge in [0.05, 0.1) is 17.3 Å². The van der Waals surface area contributed by atoms with Gasteiger partial charge in [0.25, 0.3) is 0 Å². The molecular weight excluding hydrogens is 463 g/mol. The Labute approximate surface area is 168 Å². The van der Waals surface area contributed by atoms with E-state index >= 15 is 0 Å². The number of hydrogen-bond acceptors (Lipinski definition) is 4. The summed E-state index contributed by atoms with van der Waals surface area (Å²) >= 11 is 3.01. The van der Waals surface area contributed by atoms with Gasteiger partial charge in [-0.15, -0.1) is 13.2 Å². The van der Waals surface area contributed by atoms with Crippen LogP contribution >= 0.6 is 15.9 Å². The van der Waals surface area contributed by atoms with Crippen LogP contribution in [0.1, 0.15) is 29.9 Å². The number of nitrogen functional groups attached to an aromatic ring is 1. The standard InChI is InChI=1S/C17H18BrF3N3O3S/c1-28(25,26)24(15-10-23(22)7-6-13(15)12-3-4-12)9-11-2-5-14(18)16(8-11)27-17(19,20)21/h2,5-8,10,12H,3-4,9,22H2,1H3/q+1. The van der Waals surface area contributed by atoms with Crippen molar-refractivity contribution < 1.29 is 31.0 Å². The number of anilines is 1. The zero-order chi connectivity index (χ0) is 20.7. The van der Waals surface area contributed by atoms with E-state index in [0.29, 0.717) is 11.3 Å². The van der Waals surface area contributed by atoms with Gasteiger partial charge < -0.3 is 4.74 Å². The second-order valence-electron chi connectivity index (χ2n) is 6.59. The van der Waals surface area contributed by atoms with Crippen LogP contribution < -0.4 is 19.6 Å². The molecule has 0 amide bonds. The van der Waals surface area contributed by atoms with Crippen molar-refractivity contribution in [3.05, 3.63) is 52.3 Å². The molecule has 1 aromatic carbocycles. The summed E-state index contributed by atoms with van der Waals surface area (Å²) in [6.45, 7) is -0.163. The van der Waals surface area contributed by atoms with Gasteiger partial charge in [0, 0.05) is 6.07 Å². The Morgan fingerprint density at radius 2 is 2.00 bits per heavy atom. The molecule has 1 saturated carbocycles. The number of ether oxygens (including phenoxy) is 1. The summed E-state index contributed by atoms with van der Waals surface area (Å²) < 4.78 is 69.2. The monoisotopic (exact) mass is 480 g/mol. The van der Waals surface area contributed by atoms with Crippen molar-refractivity contribution in [2.45, 2.75) is 31.7 Å². The van der Waals surface area contributed by atoms with Gasteiger partial charge in [0.1, 0.15) is 11.4 Å². The van der Waals surface area contributed by atoms with Crippen LogP contribution in [-0.4, -0.2) is 21.0 Å². The minimum absolute atomic E-state index is 0.109. The fraction of sp³-hybridized carbons (Fsp3) is 0.353.